The summed E-state index contributed by atoms with van der Waals surface area (Å²) in [6.07, 6.45) is 6.31. The monoisotopic (exact) mass is 245 g/mol. The lowest BCUT2D eigenvalue weighted by Crippen LogP contribution is -2.22. The summed E-state index contributed by atoms with van der Waals surface area (Å²) in [5.74, 6) is -0.217. The first kappa shape index (κ1) is 16.9. The largest absolute Gasteiger partial charge is 0.506 e. The quantitative estimate of drug-likeness (QED) is 0.576. The van der Waals surface area contributed by atoms with Crippen LogP contribution in [0, 0.1) is 0 Å². The average molecular weight is 245 g/mol. The maximum Gasteiger partial charge on any atom is 0.229 e. The van der Waals surface area contributed by atoms with Crippen LogP contribution in [-0.2, 0) is 10.0 Å². The summed E-state index contributed by atoms with van der Waals surface area (Å²) in [6, 6.07) is 0. The van der Waals surface area contributed by atoms with Crippen LogP contribution in [0.4, 0.5) is 0 Å². The second-order valence-electron chi connectivity index (χ2n) is 2.48. The van der Waals surface area contributed by atoms with Crippen molar-refractivity contribution < 1.29 is 13.5 Å². The minimum atomic E-state index is -3.41. The summed E-state index contributed by atoms with van der Waals surface area (Å²) in [5.41, 5.74) is 0.0578. The Labute approximate surface area is 97.7 Å². The number of sulfonamides is 1. The molecule has 0 aromatic rings. The number of nitrogens with one attached hydrogen (secondary N) is 1. The Morgan fingerprint density at radius 1 is 1.19 bits per heavy atom. The molecule has 0 rings (SSSR count). The van der Waals surface area contributed by atoms with E-state index in [4.69, 9.17) is 0 Å². The molecule has 0 aliphatic rings. The van der Waals surface area contributed by atoms with E-state index in [1.165, 1.54) is 24.3 Å². The van der Waals surface area contributed by atoms with Crippen LogP contribution < -0.4 is 4.72 Å². The van der Waals surface area contributed by atoms with Gasteiger partial charge < -0.3 is 5.11 Å². The molecule has 0 atom stereocenters. The zero-order valence-electron chi connectivity index (χ0n) is 9.90. The van der Waals surface area contributed by atoms with Gasteiger partial charge in [0.15, 0.2) is 0 Å². The topological polar surface area (TPSA) is 66.4 Å². The summed E-state index contributed by atoms with van der Waals surface area (Å²) >= 11 is 0. The molecule has 16 heavy (non-hydrogen) atoms. The first-order chi connectivity index (χ1) is 7.40. The van der Waals surface area contributed by atoms with Crippen LogP contribution in [0.2, 0.25) is 0 Å². The molecular weight excluding hydrogens is 226 g/mol. The van der Waals surface area contributed by atoms with Crippen LogP contribution >= 0.6 is 0 Å². The van der Waals surface area contributed by atoms with Gasteiger partial charge in [0.05, 0.1) is 12.0 Å². The highest BCUT2D eigenvalue weighted by atomic mass is 32.2. The molecule has 0 saturated heterocycles. The van der Waals surface area contributed by atoms with Gasteiger partial charge >= 0.3 is 0 Å². The lowest BCUT2D eigenvalue weighted by molar-refractivity contribution is 0.419. The SMILES string of the molecule is C=C/C=C(O)\C(=C/C=C)NS(C)(=O)=O.CC. The third kappa shape index (κ3) is 9.08. The predicted octanol–water partition coefficient (Wildman–Crippen LogP) is 2.26. The molecule has 0 bridgehead atoms. The lowest BCUT2D eigenvalue weighted by Gasteiger charge is -2.06. The fourth-order valence-electron chi connectivity index (χ4n) is 0.691. The third-order valence-electron chi connectivity index (χ3n) is 1.13. The van der Waals surface area contributed by atoms with Crippen LogP contribution in [-0.4, -0.2) is 19.8 Å². The predicted molar refractivity (Wildman–Crippen MR) is 68.5 cm³/mol. The Morgan fingerprint density at radius 3 is 1.94 bits per heavy atom. The van der Waals surface area contributed by atoms with E-state index in [1.807, 2.05) is 13.8 Å². The summed E-state index contributed by atoms with van der Waals surface area (Å²) in [5, 5.41) is 9.35. The molecule has 0 aliphatic heterocycles. The number of allylic oxidation sites excluding steroid dienone is 4. The van der Waals surface area contributed by atoms with Crippen LogP contribution in [0.5, 0.6) is 0 Å². The van der Waals surface area contributed by atoms with Crippen LogP contribution in [0.25, 0.3) is 0 Å². The van der Waals surface area contributed by atoms with Gasteiger partial charge in [0.1, 0.15) is 5.76 Å². The highest BCUT2D eigenvalue weighted by Crippen LogP contribution is 2.04. The van der Waals surface area contributed by atoms with Crippen molar-refractivity contribution in [3.05, 3.63) is 48.9 Å². The van der Waals surface area contributed by atoms with Gasteiger partial charge in [0.25, 0.3) is 0 Å². The van der Waals surface area contributed by atoms with Gasteiger partial charge in [-0.3, -0.25) is 4.72 Å². The first-order valence-corrected chi connectivity index (χ1v) is 6.62. The van der Waals surface area contributed by atoms with E-state index >= 15 is 0 Å². The highest BCUT2D eigenvalue weighted by Gasteiger charge is 2.07. The Balaban J connectivity index is 0. The second-order valence-corrected chi connectivity index (χ2v) is 4.23. The van der Waals surface area contributed by atoms with Crippen LogP contribution in [0.3, 0.4) is 0 Å². The fourth-order valence-corrected chi connectivity index (χ4v) is 1.26. The molecule has 0 aromatic heterocycles. The zero-order valence-corrected chi connectivity index (χ0v) is 10.7. The van der Waals surface area contributed by atoms with Crippen LogP contribution in [0.15, 0.2) is 48.9 Å². The second kappa shape index (κ2) is 8.79. The van der Waals surface area contributed by atoms with Crippen molar-refractivity contribution in [2.75, 3.05) is 6.26 Å². The molecule has 92 valence electrons. The maximum atomic E-state index is 10.9. The van der Waals surface area contributed by atoms with E-state index in [0.29, 0.717) is 0 Å². The van der Waals surface area contributed by atoms with Crippen molar-refractivity contribution in [1.82, 2.24) is 4.72 Å². The number of aliphatic hydroxyl groups is 1. The molecule has 0 aromatic carbocycles. The average Bonchev–Trinajstić information content (AvgIpc) is 2.19. The number of rotatable bonds is 5. The first-order valence-electron chi connectivity index (χ1n) is 4.73. The normalized spacial score (nSPS) is 12.2. The van der Waals surface area contributed by atoms with Crippen molar-refractivity contribution in [2.24, 2.45) is 0 Å². The molecule has 0 radical (unpaired) electrons. The smallest absolute Gasteiger partial charge is 0.229 e. The summed E-state index contributed by atoms with van der Waals surface area (Å²) in [4.78, 5) is 0. The molecule has 0 heterocycles. The standard InChI is InChI=1S/C9H13NO3S.C2H6/c1-4-6-8(9(11)7-5-2)10-14(3,12)13;1-2/h4-7,10-11H,1-2H2,3H3;1-2H3/b8-6+,9-7+;. The molecule has 4 nitrogen and oxygen atoms in total. The van der Waals surface area contributed by atoms with E-state index in [1.54, 1.807) is 0 Å². The Kier molecular flexibility index (Phi) is 9.30. The number of hydrogen-bond acceptors (Lipinski definition) is 3. The van der Waals surface area contributed by atoms with E-state index < -0.39 is 10.0 Å². The van der Waals surface area contributed by atoms with Gasteiger partial charge in [-0.25, -0.2) is 8.42 Å². The molecule has 0 aliphatic carbocycles. The van der Waals surface area contributed by atoms with Gasteiger partial charge in [-0.1, -0.05) is 39.2 Å². The number of aliphatic hydroxyl groups excluding tert-OH is 1. The van der Waals surface area contributed by atoms with E-state index in [-0.39, 0.29) is 11.5 Å². The summed E-state index contributed by atoms with van der Waals surface area (Å²) < 4.78 is 23.9. The Hall–Kier alpha value is -1.49. The van der Waals surface area contributed by atoms with Crippen molar-refractivity contribution in [3.8, 4) is 0 Å². The fraction of sp³-hybridized carbons (Fsp3) is 0.273. The summed E-state index contributed by atoms with van der Waals surface area (Å²) in [6.45, 7) is 10.8. The minimum Gasteiger partial charge on any atom is -0.506 e. The Bertz CT molecular complexity index is 378. The molecule has 0 saturated carbocycles. The van der Waals surface area contributed by atoms with Gasteiger partial charge in [-0.2, -0.15) is 0 Å². The molecule has 0 unspecified atom stereocenters. The molecule has 5 heteroatoms. The molecule has 2 N–H and O–H groups in total. The van der Waals surface area contributed by atoms with E-state index in [2.05, 4.69) is 17.9 Å². The van der Waals surface area contributed by atoms with Gasteiger partial charge in [0, 0.05) is 0 Å². The zero-order chi connectivity index (χ0) is 13.2. The molecule has 0 amide bonds. The number of hydrogen-bond donors (Lipinski definition) is 2. The van der Waals surface area contributed by atoms with Gasteiger partial charge in [-0.05, 0) is 12.2 Å². The van der Waals surface area contributed by atoms with Crippen LogP contribution in [0.1, 0.15) is 13.8 Å². The Morgan fingerprint density at radius 2 is 1.62 bits per heavy atom. The maximum absolute atomic E-state index is 10.9. The van der Waals surface area contributed by atoms with Crippen molar-refractivity contribution in [2.45, 2.75) is 13.8 Å². The van der Waals surface area contributed by atoms with Gasteiger partial charge in [0.2, 0.25) is 10.0 Å². The minimum absolute atomic E-state index is 0.0578. The highest BCUT2D eigenvalue weighted by molar-refractivity contribution is 7.88. The third-order valence-corrected chi connectivity index (χ3v) is 1.72. The summed E-state index contributed by atoms with van der Waals surface area (Å²) in [7, 11) is -3.41. The van der Waals surface area contributed by atoms with Crippen molar-refractivity contribution in [1.29, 1.82) is 0 Å². The van der Waals surface area contributed by atoms with Crippen molar-refractivity contribution >= 4 is 10.0 Å². The van der Waals surface area contributed by atoms with Crippen molar-refractivity contribution in [3.63, 3.8) is 0 Å². The lowest BCUT2D eigenvalue weighted by atomic mass is 10.3. The molecular formula is C11H19NO3S. The van der Waals surface area contributed by atoms with Gasteiger partial charge in [-0.15, -0.1) is 0 Å². The van der Waals surface area contributed by atoms with E-state index in [0.717, 1.165) is 6.26 Å². The van der Waals surface area contributed by atoms with E-state index in [9.17, 15) is 13.5 Å². The molecule has 0 spiro atoms. The molecule has 0 fully saturated rings.